The molecule has 1 aliphatic carbocycles. The Morgan fingerprint density at radius 3 is 3.05 bits per heavy atom. The molecule has 20 heavy (non-hydrogen) atoms. The van der Waals surface area contributed by atoms with Crippen LogP contribution in [0.4, 0.5) is 11.4 Å². The number of fused-ring (bicyclic) bond motifs is 1. The van der Waals surface area contributed by atoms with Gasteiger partial charge in [-0.3, -0.25) is 4.79 Å². The normalized spacial score (nSPS) is 17.6. The number of carbonyl (C=O) groups is 1. The number of hydrogen-bond acceptors (Lipinski definition) is 3. The van der Waals surface area contributed by atoms with Gasteiger partial charge < -0.3 is 11.1 Å². The fourth-order valence-electron chi connectivity index (χ4n) is 2.77. The Labute approximate surface area is 122 Å². The molecule has 1 amide bonds. The lowest BCUT2D eigenvalue weighted by Gasteiger charge is -2.22. The zero-order chi connectivity index (χ0) is 14.1. The zero-order valence-electron chi connectivity index (χ0n) is 11.5. The van der Waals surface area contributed by atoms with E-state index in [9.17, 15) is 4.79 Å². The summed E-state index contributed by atoms with van der Waals surface area (Å²) < 4.78 is 0. The standard InChI is InChI=1S/C16H18N2OS/c1-10-5-6-14(13(17)9-10)18-16(19)12-3-2-4-15-11(12)7-8-20-15/h5-9,12H,2-4,17H2,1H3,(H,18,19). The number of nitrogen functional groups attached to an aromatic ring is 1. The van der Waals surface area contributed by atoms with Crippen molar-refractivity contribution in [1.29, 1.82) is 0 Å². The number of hydrogen-bond donors (Lipinski definition) is 2. The largest absolute Gasteiger partial charge is 0.397 e. The minimum atomic E-state index is -0.0364. The van der Waals surface area contributed by atoms with Crippen molar-refractivity contribution in [2.24, 2.45) is 0 Å². The number of thiophene rings is 1. The molecule has 3 rings (SSSR count). The third kappa shape index (κ3) is 2.43. The number of carbonyl (C=O) groups excluding carboxylic acids is 1. The molecule has 0 aliphatic heterocycles. The number of aryl methyl sites for hydroxylation is 2. The number of nitrogens with one attached hydrogen (secondary N) is 1. The molecule has 1 heterocycles. The Morgan fingerprint density at radius 1 is 1.40 bits per heavy atom. The fourth-order valence-corrected chi connectivity index (χ4v) is 3.76. The van der Waals surface area contributed by atoms with E-state index in [-0.39, 0.29) is 11.8 Å². The Kier molecular flexibility index (Phi) is 3.49. The van der Waals surface area contributed by atoms with Gasteiger partial charge in [-0.05, 0) is 60.9 Å². The molecule has 1 atom stereocenters. The van der Waals surface area contributed by atoms with E-state index in [1.165, 1.54) is 10.4 Å². The van der Waals surface area contributed by atoms with Crippen LogP contribution in [0, 0.1) is 6.92 Å². The second kappa shape index (κ2) is 5.29. The van der Waals surface area contributed by atoms with Gasteiger partial charge in [-0.2, -0.15) is 0 Å². The average Bonchev–Trinajstić information content (AvgIpc) is 2.90. The van der Waals surface area contributed by atoms with Gasteiger partial charge in [0.1, 0.15) is 0 Å². The van der Waals surface area contributed by atoms with Crippen molar-refractivity contribution in [2.45, 2.75) is 32.1 Å². The SMILES string of the molecule is Cc1ccc(NC(=O)C2CCCc3sccc32)c(N)c1. The highest BCUT2D eigenvalue weighted by Gasteiger charge is 2.27. The predicted octanol–water partition coefficient (Wildman–Crippen LogP) is 3.70. The highest BCUT2D eigenvalue weighted by molar-refractivity contribution is 7.10. The van der Waals surface area contributed by atoms with Crippen LogP contribution in [0.5, 0.6) is 0 Å². The number of amides is 1. The van der Waals surface area contributed by atoms with Crippen LogP contribution in [0.25, 0.3) is 0 Å². The van der Waals surface area contributed by atoms with Crippen molar-refractivity contribution in [3.63, 3.8) is 0 Å². The fraction of sp³-hybridized carbons (Fsp3) is 0.312. The summed E-state index contributed by atoms with van der Waals surface area (Å²) in [7, 11) is 0. The molecule has 0 fully saturated rings. The summed E-state index contributed by atoms with van der Waals surface area (Å²) in [5.41, 5.74) is 9.59. The molecule has 1 aliphatic rings. The molecule has 1 unspecified atom stereocenters. The van der Waals surface area contributed by atoms with Gasteiger partial charge in [0.2, 0.25) is 5.91 Å². The topological polar surface area (TPSA) is 55.1 Å². The van der Waals surface area contributed by atoms with E-state index in [1.54, 1.807) is 11.3 Å². The number of anilines is 2. The molecule has 0 spiro atoms. The van der Waals surface area contributed by atoms with Crippen molar-refractivity contribution in [3.05, 3.63) is 45.6 Å². The van der Waals surface area contributed by atoms with E-state index >= 15 is 0 Å². The molecular formula is C16H18N2OS. The predicted molar refractivity (Wildman–Crippen MR) is 84.2 cm³/mol. The Morgan fingerprint density at radius 2 is 2.25 bits per heavy atom. The molecule has 3 nitrogen and oxygen atoms in total. The summed E-state index contributed by atoms with van der Waals surface area (Å²) in [6, 6.07) is 7.80. The van der Waals surface area contributed by atoms with Crippen molar-refractivity contribution in [3.8, 4) is 0 Å². The quantitative estimate of drug-likeness (QED) is 0.827. The van der Waals surface area contributed by atoms with Crippen LogP contribution in [0.1, 0.15) is 34.8 Å². The maximum absolute atomic E-state index is 12.5. The van der Waals surface area contributed by atoms with Crippen molar-refractivity contribution in [1.82, 2.24) is 0 Å². The van der Waals surface area contributed by atoms with E-state index in [0.29, 0.717) is 11.4 Å². The van der Waals surface area contributed by atoms with Crippen molar-refractivity contribution in [2.75, 3.05) is 11.1 Å². The summed E-state index contributed by atoms with van der Waals surface area (Å²) in [5, 5.41) is 5.06. The maximum Gasteiger partial charge on any atom is 0.232 e. The molecule has 4 heteroatoms. The van der Waals surface area contributed by atoms with Gasteiger partial charge in [-0.15, -0.1) is 11.3 Å². The minimum Gasteiger partial charge on any atom is -0.397 e. The van der Waals surface area contributed by atoms with Gasteiger partial charge in [0, 0.05) is 4.88 Å². The first-order valence-corrected chi connectivity index (χ1v) is 7.76. The van der Waals surface area contributed by atoms with Crippen LogP contribution in [0.3, 0.4) is 0 Å². The first kappa shape index (κ1) is 13.2. The van der Waals surface area contributed by atoms with Gasteiger partial charge in [0.15, 0.2) is 0 Å². The summed E-state index contributed by atoms with van der Waals surface area (Å²) in [6.45, 7) is 1.99. The zero-order valence-corrected chi connectivity index (χ0v) is 12.3. The Bertz CT molecular complexity index is 648. The number of rotatable bonds is 2. The first-order chi connectivity index (χ1) is 9.65. The molecule has 1 aromatic heterocycles. The summed E-state index contributed by atoms with van der Waals surface area (Å²) in [6.07, 6.45) is 3.10. The maximum atomic E-state index is 12.5. The monoisotopic (exact) mass is 286 g/mol. The van der Waals surface area contributed by atoms with Crippen molar-refractivity contribution >= 4 is 28.6 Å². The molecule has 2 aromatic rings. The molecule has 0 bridgehead atoms. The highest BCUT2D eigenvalue weighted by Crippen LogP contribution is 2.36. The number of nitrogens with two attached hydrogens (primary N) is 1. The summed E-state index contributed by atoms with van der Waals surface area (Å²) in [4.78, 5) is 13.9. The lowest BCUT2D eigenvalue weighted by molar-refractivity contribution is -0.117. The molecule has 0 saturated carbocycles. The minimum absolute atomic E-state index is 0.0364. The smallest absolute Gasteiger partial charge is 0.232 e. The Balaban J connectivity index is 1.81. The summed E-state index contributed by atoms with van der Waals surface area (Å²) >= 11 is 1.75. The molecular weight excluding hydrogens is 268 g/mol. The molecule has 1 aromatic carbocycles. The lowest BCUT2D eigenvalue weighted by Crippen LogP contribution is -2.24. The molecule has 104 valence electrons. The molecule has 0 saturated heterocycles. The van der Waals surface area contributed by atoms with Crippen LogP contribution in [0.15, 0.2) is 29.6 Å². The second-order valence-corrected chi connectivity index (χ2v) is 6.32. The third-order valence-electron chi connectivity index (χ3n) is 3.83. The van der Waals surface area contributed by atoms with Gasteiger partial charge in [-0.1, -0.05) is 6.07 Å². The van der Waals surface area contributed by atoms with E-state index in [0.717, 1.165) is 24.8 Å². The lowest BCUT2D eigenvalue weighted by atomic mass is 9.87. The third-order valence-corrected chi connectivity index (χ3v) is 4.83. The van der Waals surface area contributed by atoms with Crippen LogP contribution >= 0.6 is 11.3 Å². The van der Waals surface area contributed by atoms with Crippen LogP contribution in [-0.4, -0.2) is 5.91 Å². The molecule has 3 N–H and O–H groups in total. The molecule has 0 radical (unpaired) electrons. The van der Waals surface area contributed by atoms with Crippen LogP contribution in [-0.2, 0) is 11.2 Å². The van der Waals surface area contributed by atoms with Crippen LogP contribution in [0.2, 0.25) is 0 Å². The van der Waals surface area contributed by atoms with Gasteiger partial charge in [-0.25, -0.2) is 0 Å². The van der Waals surface area contributed by atoms with Gasteiger partial charge in [0.25, 0.3) is 0 Å². The summed E-state index contributed by atoms with van der Waals surface area (Å²) in [5.74, 6) is 0.0191. The van der Waals surface area contributed by atoms with E-state index in [4.69, 9.17) is 5.73 Å². The highest BCUT2D eigenvalue weighted by atomic mass is 32.1. The van der Waals surface area contributed by atoms with E-state index in [1.807, 2.05) is 25.1 Å². The van der Waals surface area contributed by atoms with Gasteiger partial charge >= 0.3 is 0 Å². The second-order valence-electron chi connectivity index (χ2n) is 5.32. The number of benzene rings is 1. The van der Waals surface area contributed by atoms with Crippen molar-refractivity contribution < 1.29 is 4.79 Å². The first-order valence-electron chi connectivity index (χ1n) is 6.88. The van der Waals surface area contributed by atoms with Crippen LogP contribution < -0.4 is 11.1 Å². The average molecular weight is 286 g/mol. The Hall–Kier alpha value is -1.81. The van der Waals surface area contributed by atoms with Gasteiger partial charge in [0.05, 0.1) is 17.3 Å². The van der Waals surface area contributed by atoms with E-state index in [2.05, 4.69) is 16.8 Å². The van der Waals surface area contributed by atoms with E-state index < -0.39 is 0 Å².